The summed E-state index contributed by atoms with van der Waals surface area (Å²) in [5.74, 6) is -0.0361. The number of benzene rings is 3. The zero-order valence-corrected chi connectivity index (χ0v) is 19.7. The van der Waals surface area contributed by atoms with Crippen LogP contribution in [0.25, 0.3) is 16.7 Å². The van der Waals surface area contributed by atoms with Crippen LogP contribution in [0.2, 0.25) is 0 Å². The number of nitrogens with zero attached hydrogens (tertiary/aromatic N) is 2. The fourth-order valence-corrected chi connectivity index (χ4v) is 3.79. The lowest BCUT2D eigenvalue weighted by Crippen LogP contribution is -2.21. The van der Waals surface area contributed by atoms with Crippen LogP contribution in [0.1, 0.15) is 38.6 Å². The van der Waals surface area contributed by atoms with Gasteiger partial charge in [0.2, 0.25) is 0 Å². The molecule has 1 amide bonds. The maximum Gasteiger partial charge on any atom is 0.306 e. The molecule has 4 aromatic rings. The maximum atomic E-state index is 12.4. The minimum absolute atomic E-state index is 0.0408. The molecule has 0 spiro atoms. The van der Waals surface area contributed by atoms with Gasteiger partial charge in [-0.25, -0.2) is 4.98 Å². The fraction of sp³-hybridized carbons (Fsp3) is 0.250. The molecule has 0 aliphatic carbocycles. The Morgan fingerprint density at radius 1 is 0.912 bits per heavy atom. The Hall–Kier alpha value is -3.93. The van der Waals surface area contributed by atoms with Crippen molar-refractivity contribution in [3.8, 4) is 5.69 Å². The van der Waals surface area contributed by atoms with Crippen molar-refractivity contribution >= 4 is 28.6 Å². The van der Waals surface area contributed by atoms with Gasteiger partial charge in [-0.1, -0.05) is 63.2 Å². The summed E-state index contributed by atoms with van der Waals surface area (Å²) < 4.78 is 7.26. The molecule has 174 valence electrons. The van der Waals surface area contributed by atoms with Gasteiger partial charge in [0, 0.05) is 17.8 Å². The predicted octanol–water partition coefficient (Wildman–Crippen LogP) is 5.44. The van der Waals surface area contributed by atoms with Crippen molar-refractivity contribution < 1.29 is 14.3 Å². The van der Waals surface area contributed by atoms with Crippen LogP contribution in [0.5, 0.6) is 0 Å². The number of carbonyl (C=O) groups excluding carboxylic acids is 2. The van der Waals surface area contributed by atoms with Crippen molar-refractivity contribution in [2.75, 3.05) is 11.9 Å². The second-order valence-electron chi connectivity index (χ2n) is 9.22. The standard InChI is InChI=1S/C28H29N3O3/c1-28(2,3)20-13-15-21(16-14-20)29-26(32)19-34-27(33)18-17-25-30-23-11-7-8-12-24(23)31(25)22-9-5-4-6-10-22/h4-16H,17-19H2,1-3H3,(H,29,32). The third-order valence-electron chi connectivity index (χ3n) is 5.60. The Morgan fingerprint density at radius 2 is 1.59 bits per heavy atom. The molecule has 1 heterocycles. The molecule has 4 rings (SSSR count). The molecule has 34 heavy (non-hydrogen) atoms. The smallest absolute Gasteiger partial charge is 0.306 e. The molecule has 6 heteroatoms. The summed E-state index contributed by atoms with van der Waals surface area (Å²) in [7, 11) is 0. The van der Waals surface area contributed by atoms with Gasteiger partial charge in [0.05, 0.1) is 17.5 Å². The van der Waals surface area contributed by atoms with Crippen molar-refractivity contribution in [1.29, 1.82) is 0 Å². The summed E-state index contributed by atoms with van der Waals surface area (Å²) in [5, 5.41) is 2.77. The number of hydrogen-bond donors (Lipinski definition) is 1. The molecule has 0 aliphatic heterocycles. The average Bonchev–Trinajstić information content (AvgIpc) is 3.20. The topological polar surface area (TPSA) is 73.2 Å². The third-order valence-corrected chi connectivity index (χ3v) is 5.60. The van der Waals surface area contributed by atoms with Crippen LogP contribution in [-0.2, 0) is 26.2 Å². The number of hydrogen-bond acceptors (Lipinski definition) is 4. The van der Waals surface area contributed by atoms with Gasteiger partial charge in [-0.15, -0.1) is 0 Å². The summed E-state index contributed by atoms with van der Waals surface area (Å²) in [6.45, 7) is 6.08. The average molecular weight is 456 g/mol. The number of carbonyl (C=O) groups is 2. The van der Waals surface area contributed by atoms with E-state index in [9.17, 15) is 9.59 Å². The lowest BCUT2D eigenvalue weighted by molar-refractivity contribution is -0.147. The van der Waals surface area contributed by atoms with E-state index < -0.39 is 5.97 Å². The van der Waals surface area contributed by atoms with E-state index in [4.69, 9.17) is 9.72 Å². The van der Waals surface area contributed by atoms with Crippen molar-refractivity contribution in [1.82, 2.24) is 9.55 Å². The van der Waals surface area contributed by atoms with Crippen molar-refractivity contribution in [3.63, 3.8) is 0 Å². The van der Waals surface area contributed by atoms with Crippen molar-refractivity contribution in [2.24, 2.45) is 0 Å². The summed E-state index contributed by atoms with van der Waals surface area (Å²) in [5.41, 5.74) is 4.72. The predicted molar refractivity (Wildman–Crippen MR) is 134 cm³/mol. The quantitative estimate of drug-likeness (QED) is 0.377. The molecule has 6 nitrogen and oxygen atoms in total. The maximum absolute atomic E-state index is 12.4. The Kier molecular flexibility index (Phi) is 6.77. The van der Waals surface area contributed by atoms with Gasteiger partial charge in [0.15, 0.2) is 6.61 Å². The first-order chi connectivity index (χ1) is 16.3. The largest absolute Gasteiger partial charge is 0.456 e. The van der Waals surface area contributed by atoms with Gasteiger partial charge in [-0.2, -0.15) is 0 Å². The molecule has 0 atom stereocenters. The van der Waals surface area contributed by atoms with Gasteiger partial charge in [0.1, 0.15) is 5.82 Å². The van der Waals surface area contributed by atoms with Crippen LogP contribution in [0.15, 0.2) is 78.9 Å². The first kappa shape index (κ1) is 23.2. The summed E-state index contributed by atoms with van der Waals surface area (Å²) in [6, 6.07) is 25.5. The molecule has 0 fully saturated rings. The Balaban J connectivity index is 1.34. The second kappa shape index (κ2) is 9.91. The SMILES string of the molecule is CC(C)(C)c1ccc(NC(=O)COC(=O)CCc2nc3ccccc3n2-c2ccccc2)cc1. The van der Waals surface area contributed by atoms with Gasteiger partial charge < -0.3 is 10.1 Å². The van der Waals surface area contributed by atoms with Crippen LogP contribution in [0.3, 0.4) is 0 Å². The zero-order valence-electron chi connectivity index (χ0n) is 19.7. The summed E-state index contributed by atoms with van der Waals surface area (Å²) in [4.78, 5) is 29.3. The summed E-state index contributed by atoms with van der Waals surface area (Å²) >= 11 is 0. The molecule has 0 unspecified atom stereocenters. The zero-order chi connectivity index (χ0) is 24.1. The summed E-state index contributed by atoms with van der Waals surface area (Å²) in [6.07, 6.45) is 0.530. The van der Waals surface area contributed by atoms with Crippen LogP contribution < -0.4 is 5.32 Å². The second-order valence-corrected chi connectivity index (χ2v) is 9.22. The molecule has 1 N–H and O–H groups in total. The van der Waals surface area contributed by atoms with E-state index in [1.807, 2.05) is 78.9 Å². The highest BCUT2D eigenvalue weighted by Gasteiger charge is 2.16. The van der Waals surface area contributed by atoms with E-state index in [0.717, 1.165) is 22.5 Å². The van der Waals surface area contributed by atoms with E-state index in [0.29, 0.717) is 12.1 Å². The number of ether oxygens (including phenoxy) is 1. The molecule has 0 saturated carbocycles. The Morgan fingerprint density at radius 3 is 2.29 bits per heavy atom. The van der Waals surface area contributed by atoms with Gasteiger partial charge in [-0.05, 0) is 47.4 Å². The first-order valence-corrected chi connectivity index (χ1v) is 11.4. The molecular weight excluding hydrogens is 426 g/mol. The van der Waals surface area contributed by atoms with E-state index >= 15 is 0 Å². The normalized spacial score (nSPS) is 11.4. The molecule has 0 saturated heterocycles. The monoisotopic (exact) mass is 455 g/mol. The van der Waals surface area contributed by atoms with Crippen LogP contribution in [-0.4, -0.2) is 28.0 Å². The highest BCUT2D eigenvalue weighted by atomic mass is 16.5. The number of aromatic nitrogens is 2. The lowest BCUT2D eigenvalue weighted by Gasteiger charge is -2.19. The highest BCUT2D eigenvalue weighted by Crippen LogP contribution is 2.24. The van der Waals surface area contributed by atoms with E-state index in [1.54, 1.807) is 0 Å². The first-order valence-electron chi connectivity index (χ1n) is 11.4. The van der Waals surface area contributed by atoms with Crippen LogP contribution in [0.4, 0.5) is 5.69 Å². The van der Waals surface area contributed by atoms with Gasteiger partial charge >= 0.3 is 5.97 Å². The van der Waals surface area contributed by atoms with E-state index in [2.05, 4.69) is 30.7 Å². The molecule has 0 radical (unpaired) electrons. The van der Waals surface area contributed by atoms with Crippen molar-refractivity contribution in [2.45, 2.75) is 39.0 Å². The number of esters is 1. The van der Waals surface area contributed by atoms with Crippen LogP contribution in [0, 0.1) is 0 Å². The third kappa shape index (κ3) is 5.52. The number of nitrogens with one attached hydrogen (secondary N) is 1. The number of aryl methyl sites for hydroxylation is 1. The van der Waals surface area contributed by atoms with Gasteiger partial charge in [0.25, 0.3) is 5.91 Å². The minimum Gasteiger partial charge on any atom is -0.456 e. The number of rotatable bonds is 7. The number of para-hydroxylation sites is 3. The molecule has 0 bridgehead atoms. The highest BCUT2D eigenvalue weighted by molar-refractivity contribution is 5.92. The lowest BCUT2D eigenvalue weighted by atomic mass is 9.87. The van der Waals surface area contributed by atoms with Crippen LogP contribution >= 0.6 is 0 Å². The van der Waals surface area contributed by atoms with E-state index in [-0.39, 0.29) is 24.3 Å². The fourth-order valence-electron chi connectivity index (χ4n) is 3.79. The molecule has 3 aromatic carbocycles. The molecule has 0 aliphatic rings. The van der Waals surface area contributed by atoms with E-state index in [1.165, 1.54) is 5.56 Å². The molecule has 1 aromatic heterocycles. The minimum atomic E-state index is -0.440. The Bertz CT molecular complexity index is 1290. The number of amides is 1. The Labute approximate surface area is 199 Å². The molecular formula is C28H29N3O3. The van der Waals surface area contributed by atoms with Gasteiger partial charge in [-0.3, -0.25) is 14.2 Å². The van der Waals surface area contributed by atoms with Crippen molar-refractivity contribution in [3.05, 3.63) is 90.3 Å². The number of imidazole rings is 1. The number of anilines is 1. The number of fused-ring (bicyclic) bond motifs is 1.